The molecule has 0 N–H and O–H groups in total. The Morgan fingerprint density at radius 3 is 2.88 bits per heavy atom. The van der Waals surface area contributed by atoms with E-state index in [-0.39, 0.29) is 11.9 Å². The van der Waals surface area contributed by atoms with Gasteiger partial charge in [-0.25, -0.2) is 0 Å². The highest BCUT2D eigenvalue weighted by Crippen LogP contribution is 2.33. The molecule has 0 fully saturated rings. The molecule has 0 aliphatic carbocycles. The first kappa shape index (κ1) is 15.7. The Hall–Kier alpha value is -2.86. The Morgan fingerprint density at radius 2 is 2.08 bits per heavy atom. The highest BCUT2D eigenvalue weighted by Gasteiger charge is 2.33. The van der Waals surface area contributed by atoms with Crippen molar-refractivity contribution in [1.29, 1.82) is 0 Å². The lowest BCUT2D eigenvalue weighted by Crippen LogP contribution is -2.42. The van der Waals surface area contributed by atoms with Crippen LogP contribution in [-0.4, -0.2) is 34.2 Å². The molecule has 1 aliphatic rings. The van der Waals surface area contributed by atoms with Gasteiger partial charge in [0.05, 0.1) is 6.04 Å². The number of benzene rings is 1. The number of methoxy groups -OCH3 is 1. The number of fused-ring (bicyclic) bond motifs is 1. The van der Waals surface area contributed by atoms with Gasteiger partial charge in [-0.1, -0.05) is 35.5 Å². The van der Waals surface area contributed by atoms with Crippen molar-refractivity contribution in [3.05, 3.63) is 77.4 Å². The van der Waals surface area contributed by atoms with Crippen molar-refractivity contribution in [2.24, 2.45) is 0 Å². The van der Waals surface area contributed by atoms with Crippen LogP contribution < -0.4 is 0 Å². The third kappa shape index (κ3) is 2.85. The molecule has 6 nitrogen and oxygen atoms in total. The van der Waals surface area contributed by atoms with Gasteiger partial charge in [0, 0.05) is 38.2 Å². The zero-order chi connectivity index (χ0) is 17.2. The third-order valence-corrected chi connectivity index (χ3v) is 4.48. The summed E-state index contributed by atoms with van der Waals surface area (Å²) in [5, 5.41) is 3.93. The topological polar surface area (TPSA) is 60.5 Å². The van der Waals surface area contributed by atoms with Crippen LogP contribution in [-0.2, 0) is 17.9 Å². The van der Waals surface area contributed by atoms with E-state index in [1.165, 1.54) is 0 Å². The van der Waals surface area contributed by atoms with Crippen LogP contribution in [0.15, 0.2) is 59.3 Å². The lowest BCUT2D eigenvalue weighted by atomic mass is 9.99. The summed E-state index contributed by atoms with van der Waals surface area (Å²) in [6, 6.07) is 15.7. The van der Waals surface area contributed by atoms with E-state index >= 15 is 0 Å². The normalized spacial score (nSPS) is 16.7. The summed E-state index contributed by atoms with van der Waals surface area (Å²) in [5.74, 6) is 0.412. The molecule has 2 aromatic heterocycles. The Balaban J connectivity index is 1.70. The van der Waals surface area contributed by atoms with Crippen molar-refractivity contribution >= 4 is 5.91 Å². The number of aromatic nitrogens is 2. The minimum Gasteiger partial charge on any atom is -0.377 e. The zero-order valence-corrected chi connectivity index (χ0v) is 14.0. The van der Waals surface area contributed by atoms with Crippen LogP contribution in [0, 0.1) is 0 Å². The fraction of sp³-hybridized carbons (Fsp3) is 0.263. The second-order valence-electron chi connectivity index (χ2n) is 6.05. The van der Waals surface area contributed by atoms with Crippen LogP contribution in [0.25, 0.3) is 0 Å². The van der Waals surface area contributed by atoms with Crippen LogP contribution in [0.5, 0.6) is 0 Å². The predicted molar refractivity (Wildman–Crippen MR) is 91.0 cm³/mol. The predicted octanol–water partition coefficient (Wildman–Crippen LogP) is 2.87. The zero-order valence-electron chi connectivity index (χ0n) is 14.0. The summed E-state index contributed by atoms with van der Waals surface area (Å²) < 4.78 is 12.4. The summed E-state index contributed by atoms with van der Waals surface area (Å²) in [4.78, 5) is 14.9. The van der Waals surface area contributed by atoms with Crippen molar-refractivity contribution in [1.82, 2.24) is 14.6 Å². The Kier molecular flexibility index (Phi) is 4.11. The lowest BCUT2D eigenvalue weighted by molar-refractivity contribution is 0.0653. The van der Waals surface area contributed by atoms with E-state index in [1.807, 2.05) is 41.3 Å². The van der Waals surface area contributed by atoms with E-state index < -0.39 is 0 Å². The van der Waals surface area contributed by atoms with Crippen molar-refractivity contribution in [3.8, 4) is 0 Å². The monoisotopic (exact) mass is 337 g/mol. The molecular weight excluding hydrogens is 318 g/mol. The summed E-state index contributed by atoms with van der Waals surface area (Å²) in [6.45, 7) is 1.68. The van der Waals surface area contributed by atoms with E-state index in [1.54, 1.807) is 13.2 Å². The van der Waals surface area contributed by atoms with Crippen molar-refractivity contribution < 1.29 is 14.1 Å². The molecule has 1 unspecified atom stereocenters. The van der Waals surface area contributed by atoms with Crippen molar-refractivity contribution in [2.45, 2.75) is 19.2 Å². The van der Waals surface area contributed by atoms with Gasteiger partial charge in [0.2, 0.25) is 0 Å². The van der Waals surface area contributed by atoms with Crippen molar-refractivity contribution in [2.75, 3.05) is 13.7 Å². The van der Waals surface area contributed by atoms with Gasteiger partial charge in [-0.05, 0) is 17.7 Å². The van der Waals surface area contributed by atoms with Gasteiger partial charge in [-0.2, -0.15) is 0 Å². The number of hydrogen-bond acceptors (Lipinski definition) is 4. The molecule has 1 aliphatic heterocycles. The lowest BCUT2D eigenvalue weighted by Gasteiger charge is -2.36. The van der Waals surface area contributed by atoms with Crippen LogP contribution in [0.4, 0.5) is 0 Å². The highest BCUT2D eigenvalue weighted by atomic mass is 16.5. The first-order valence-corrected chi connectivity index (χ1v) is 8.23. The fourth-order valence-corrected chi connectivity index (χ4v) is 3.36. The first-order chi connectivity index (χ1) is 12.3. The maximum atomic E-state index is 13.1. The largest absolute Gasteiger partial charge is 0.377 e. The molecule has 0 saturated heterocycles. The van der Waals surface area contributed by atoms with Gasteiger partial charge < -0.3 is 18.7 Å². The van der Waals surface area contributed by atoms with E-state index in [4.69, 9.17) is 9.26 Å². The molecule has 3 heterocycles. The highest BCUT2D eigenvalue weighted by molar-refractivity contribution is 5.93. The van der Waals surface area contributed by atoms with E-state index in [0.717, 1.165) is 17.8 Å². The number of hydrogen-bond donors (Lipinski definition) is 0. The molecule has 0 spiro atoms. The summed E-state index contributed by atoms with van der Waals surface area (Å²) in [7, 11) is 1.58. The molecule has 1 aromatic carbocycles. The maximum Gasteiger partial charge on any atom is 0.276 e. The number of carbonyl (C=O) groups excluding carboxylic acids is 1. The molecule has 6 heteroatoms. The molecule has 1 atom stereocenters. The molecule has 0 saturated carbocycles. The molecule has 1 amide bonds. The van der Waals surface area contributed by atoms with E-state index in [9.17, 15) is 4.79 Å². The van der Waals surface area contributed by atoms with Crippen LogP contribution >= 0.6 is 0 Å². The third-order valence-electron chi connectivity index (χ3n) is 4.48. The van der Waals surface area contributed by atoms with Gasteiger partial charge in [0.25, 0.3) is 5.91 Å². The number of ether oxygens (including phenoxy) is 1. The van der Waals surface area contributed by atoms with Gasteiger partial charge in [0.15, 0.2) is 11.5 Å². The molecule has 0 bridgehead atoms. The van der Waals surface area contributed by atoms with Gasteiger partial charge in [-0.3, -0.25) is 4.79 Å². The maximum absolute atomic E-state index is 13.1. The van der Waals surface area contributed by atoms with Gasteiger partial charge in [-0.15, -0.1) is 0 Å². The van der Waals surface area contributed by atoms with E-state index in [2.05, 4.69) is 22.0 Å². The average molecular weight is 337 g/mol. The molecule has 3 aromatic rings. The van der Waals surface area contributed by atoms with Gasteiger partial charge >= 0.3 is 0 Å². The molecule has 0 radical (unpaired) electrons. The summed E-state index contributed by atoms with van der Waals surface area (Å²) in [5.41, 5.74) is 2.50. The second kappa shape index (κ2) is 6.57. The second-order valence-corrected chi connectivity index (χ2v) is 6.05. The number of rotatable bonds is 4. The number of nitrogens with zero attached hydrogens (tertiary/aromatic N) is 3. The average Bonchev–Trinajstić information content (AvgIpc) is 3.30. The number of amides is 1. The smallest absolute Gasteiger partial charge is 0.276 e. The SMILES string of the molecule is COCc1cc(C(=O)N2CCn3cccc3C2c2ccccc2)no1. The minimum absolute atomic E-state index is 0.132. The van der Waals surface area contributed by atoms with Crippen LogP contribution in [0.1, 0.15) is 33.5 Å². The fourth-order valence-electron chi connectivity index (χ4n) is 3.36. The van der Waals surface area contributed by atoms with E-state index in [0.29, 0.717) is 24.6 Å². The van der Waals surface area contributed by atoms with Crippen LogP contribution in [0.3, 0.4) is 0 Å². The summed E-state index contributed by atoms with van der Waals surface area (Å²) in [6.07, 6.45) is 2.06. The summed E-state index contributed by atoms with van der Waals surface area (Å²) >= 11 is 0. The first-order valence-electron chi connectivity index (χ1n) is 8.23. The quantitative estimate of drug-likeness (QED) is 0.734. The molecule has 4 rings (SSSR count). The van der Waals surface area contributed by atoms with Gasteiger partial charge in [0.1, 0.15) is 6.61 Å². The Labute approximate surface area is 145 Å². The Morgan fingerprint density at radius 1 is 1.24 bits per heavy atom. The molecular formula is C19H19N3O3. The minimum atomic E-state index is -0.139. The Bertz CT molecular complexity index is 869. The van der Waals surface area contributed by atoms with Crippen LogP contribution in [0.2, 0.25) is 0 Å². The van der Waals surface area contributed by atoms with Crippen molar-refractivity contribution in [3.63, 3.8) is 0 Å². The number of carbonyl (C=O) groups is 1. The molecule has 25 heavy (non-hydrogen) atoms. The molecule has 128 valence electrons. The standard InChI is InChI=1S/C19H19N3O3/c1-24-13-15-12-16(20-25-15)19(23)22-11-10-21-9-5-8-17(21)18(22)14-6-3-2-4-7-14/h2-9,12,18H,10-11,13H2,1H3.